The Bertz CT molecular complexity index is 801. The summed E-state index contributed by atoms with van der Waals surface area (Å²) < 4.78 is 17.4. The van der Waals surface area contributed by atoms with E-state index in [1.165, 1.54) is 12.1 Å². The third-order valence-corrected chi connectivity index (χ3v) is 3.25. The Morgan fingerprint density at radius 2 is 2.22 bits per heavy atom. The van der Waals surface area contributed by atoms with E-state index in [4.69, 9.17) is 23.8 Å². The summed E-state index contributed by atoms with van der Waals surface area (Å²) >= 11 is 11.0. The number of rotatable bonds is 1. The van der Waals surface area contributed by atoms with Gasteiger partial charge in [0.25, 0.3) is 0 Å². The number of aromatic nitrogens is 4. The summed E-state index contributed by atoms with van der Waals surface area (Å²) in [5, 5.41) is 4.14. The summed E-state index contributed by atoms with van der Waals surface area (Å²) in [5.41, 5.74) is 2.10. The maximum Gasteiger partial charge on any atom is 0.182 e. The second-order valence-corrected chi connectivity index (χ2v) is 4.72. The van der Waals surface area contributed by atoms with Crippen LogP contribution in [0.3, 0.4) is 0 Å². The van der Waals surface area contributed by atoms with Gasteiger partial charge in [-0.25, -0.2) is 4.39 Å². The third kappa shape index (κ3) is 1.65. The van der Waals surface area contributed by atoms with Crippen LogP contribution in [0.15, 0.2) is 24.5 Å². The quantitative estimate of drug-likeness (QED) is 0.696. The van der Waals surface area contributed by atoms with Crippen LogP contribution >= 0.6 is 23.8 Å². The number of aryl methyl sites for hydroxylation is 1. The topological polar surface area (TPSA) is 38.5 Å². The molecule has 7 heteroatoms. The fourth-order valence-electron chi connectivity index (χ4n) is 1.88. The zero-order valence-corrected chi connectivity index (χ0v) is 10.9. The fourth-order valence-corrected chi connectivity index (χ4v) is 2.36. The first kappa shape index (κ1) is 11.4. The van der Waals surface area contributed by atoms with E-state index in [2.05, 4.69) is 10.1 Å². The summed E-state index contributed by atoms with van der Waals surface area (Å²) in [5.74, 6) is -0.476. The van der Waals surface area contributed by atoms with Crippen molar-refractivity contribution in [1.82, 2.24) is 19.3 Å². The molecule has 0 aliphatic heterocycles. The van der Waals surface area contributed by atoms with Crippen LogP contribution in [0, 0.1) is 10.6 Å². The molecule has 0 saturated heterocycles. The molecule has 18 heavy (non-hydrogen) atoms. The normalized spacial score (nSPS) is 11.3. The Morgan fingerprint density at radius 1 is 1.44 bits per heavy atom. The van der Waals surface area contributed by atoms with Gasteiger partial charge in [0.15, 0.2) is 4.77 Å². The van der Waals surface area contributed by atoms with Crippen LogP contribution in [-0.4, -0.2) is 19.3 Å². The molecule has 0 unspecified atom stereocenters. The van der Waals surface area contributed by atoms with E-state index in [0.29, 0.717) is 15.8 Å². The molecule has 2 aromatic heterocycles. The summed E-state index contributed by atoms with van der Waals surface area (Å²) in [6.45, 7) is 0. The minimum absolute atomic E-state index is 0.0667. The maximum atomic E-state index is 13.5. The Morgan fingerprint density at radius 3 is 2.89 bits per heavy atom. The highest BCUT2D eigenvalue weighted by molar-refractivity contribution is 7.71. The molecule has 3 aromatic rings. The zero-order valence-electron chi connectivity index (χ0n) is 9.32. The minimum Gasteiger partial charge on any atom is -0.330 e. The molecule has 0 aliphatic carbocycles. The number of aromatic amines is 1. The van der Waals surface area contributed by atoms with E-state index in [0.717, 1.165) is 5.69 Å². The van der Waals surface area contributed by atoms with Gasteiger partial charge < -0.3 is 4.98 Å². The van der Waals surface area contributed by atoms with Crippen molar-refractivity contribution in [3.63, 3.8) is 0 Å². The molecule has 3 rings (SSSR count). The van der Waals surface area contributed by atoms with E-state index >= 15 is 0 Å². The smallest absolute Gasteiger partial charge is 0.182 e. The van der Waals surface area contributed by atoms with Gasteiger partial charge >= 0.3 is 0 Å². The van der Waals surface area contributed by atoms with Crippen molar-refractivity contribution in [2.24, 2.45) is 7.05 Å². The summed E-state index contributed by atoms with van der Waals surface area (Å²) in [6, 6.07) is 2.88. The molecule has 1 aromatic carbocycles. The van der Waals surface area contributed by atoms with Crippen molar-refractivity contribution in [3.8, 4) is 5.69 Å². The van der Waals surface area contributed by atoms with Gasteiger partial charge in [-0.05, 0) is 18.3 Å². The molecule has 0 fully saturated rings. The average Bonchev–Trinajstić information content (AvgIpc) is 2.83. The molecule has 0 saturated carbocycles. The van der Waals surface area contributed by atoms with Crippen LogP contribution in [0.4, 0.5) is 4.39 Å². The molecule has 2 heterocycles. The number of halogens is 2. The maximum absolute atomic E-state index is 13.5. The molecule has 0 aliphatic rings. The van der Waals surface area contributed by atoms with Crippen LogP contribution in [0.2, 0.25) is 5.02 Å². The summed E-state index contributed by atoms with van der Waals surface area (Å²) in [6.07, 6.45) is 3.46. The van der Waals surface area contributed by atoms with Crippen LogP contribution in [0.1, 0.15) is 0 Å². The molecule has 0 radical (unpaired) electrons. The molecule has 0 amide bonds. The number of imidazole rings is 1. The predicted octanol–water partition coefficient (Wildman–Crippen LogP) is 3.21. The highest BCUT2D eigenvalue weighted by atomic mass is 35.5. The average molecular weight is 283 g/mol. The molecule has 92 valence electrons. The van der Waals surface area contributed by atoms with Crippen LogP contribution in [0.25, 0.3) is 16.7 Å². The third-order valence-electron chi connectivity index (χ3n) is 2.67. The van der Waals surface area contributed by atoms with Crippen molar-refractivity contribution in [1.29, 1.82) is 0 Å². The van der Waals surface area contributed by atoms with Crippen molar-refractivity contribution < 1.29 is 4.39 Å². The monoisotopic (exact) mass is 282 g/mol. The van der Waals surface area contributed by atoms with Gasteiger partial charge in [0.2, 0.25) is 0 Å². The Kier molecular flexibility index (Phi) is 2.49. The molecule has 0 bridgehead atoms. The molecule has 0 spiro atoms. The number of hydrogen-bond acceptors (Lipinski definition) is 2. The number of benzene rings is 1. The van der Waals surface area contributed by atoms with E-state index in [1.807, 2.05) is 0 Å². The lowest BCUT2D eigenvalue weighted by Gasteiger charge is -2.00. The first-order chi connectivity index (χ1) is 8.56. The van der Waals surface area contributed by atoms with E-state index < -0.39 is 5.82 Å². The highest BCUT2D eigenvalue weighted by Crippen LogP contribution is 2.24. The lowest BCUT2D eigenvalue weighted by atomic mass is 10.3. The Labute approximate surface area is 112 Å². The van der Waals surface area contributed by atoms with Gasteiger partial charge in [0.1, 0.15) is 5.82 Å². The summed E-state index contributed by atoms with van der Waals surface area (Å²) in [4.78, 5) is 2.99. The van der Waals surface area contributed by atoms with E-state index in [9.17, 15) is 4.39 Å². The van der Waals surface area contributed by atoms with Crippen LogP contribution in [0.5, 0.6) is 0 Å². The van der Waals surface area contributed by atoms with E-state index in [-0.39, 0.29) is 5.02 Å². The Balaban J connectivity index is 2.38. The van der Waals surface area contributed by atoms with Gasteiger partial charge in [-0.3, -0.25) is 9.25 Å². The standard InChI is InChI=1S/C11H8ClFN4S/c1-16-5-6(4-14-16)17-10-3-8(13)7(12)2-9(10)15-11(17)18/h2-5H,1H3,(H,15,18). The van der Waals surface area contributed by atoms with Crippen molar-refractivity contribution in [2.45, 2.75) is 0 Å². The van der Waals surface area contributed by atoms with Crippen molar-refractivity contribution in [2.75, 3.05) is 0 Å². The van der Waals surface area contributed by atoms with Crippen LogP contribution < -0.4 is 0 Å². The molecule has 4 nitrogen and oxygen atoms in total. The van der Waals surface area contributed by atoms with Gasteiger partial charge in [0.05, 0.1) is 27.9 Å². The number of H-pyrrole nitrogens is 1. The van der Waals surface area contributed by atoms with Crippen molar-refractivity contribution in [3.05, 3.63) is 40.1 Å². The number of hydrogen-bond donors (Lipinski definition) is 1. The van der Waals surface area contributed by atoms with Gasteiger partial charge in [0, 0.05) is 19.3 Å². The van der Waals surface area contributed by atoms with Crippen molar-refractivity contribution >= 4 is 34.9 Å². The van der Waals surface area contributed by atoms with Crippen LogP contribution in [-0.2, 0) is 7.05 Å². The predicted molar refractivity (Wildman–Crippen MR) is 70.2 cm³/mol. The molecular formula is C11H8ClFN4S. The first-order valence-corrected chi connectivity index (χ1v) is 5.93. The largest absolute Gasteiger partial charge is 0.330 e. The highest BCUT2D eigenvalue weighted by Gasteiger charge is 2.11. The zero-order chi connectivity index (χ0) is 12.9. The first-order valence-electron chi connectivity index (χ1n) is 5.15. The SMILES string of the molecule is Cn1cc(-n2c(=S)[nH]c3cc(Cl)c(F)cc32)cn1. The lowest BCUT2D eigenvalue weighted by Crippen LogP contribution is -1.92. The van der Waals surface area contributed by atoms with Gasteiger partial charge in [-0.15, -0.1) is 0 Å². The number of nitrogens with zero attached hydrogens (tertiary/aromatic N) is 3. The Hall–Kier alpha value is -1.66. The van der Waals surface area contributed by atoms with E-state index in [1.54, 1.807) is 28.7 Å². The fraction of sp³-hybridized carbons (Fsp3) is 0.0909. The molecule has 0 atom stereocenters. The number of fused-ring (bicyclic) bond motifs is 1. The lowest BCUT2D eigenvalue weighted by molar-refractivity contribution is 0.629. The molecular weight excluding hydrogens is 275 g/mol. The second-order valence-electron chi connectivity index (χ2n) is 3.92. The molecule has 1 N–H and O–H groups in total. The van der Waals surface area contributed by atoms with Gasteiger partial charge in [-0.2, -0.15) is 5.10 Å². The summed E-state index contributed by atoms with van der Waals surface area (Å²) in [7, 11) is 1.80. The minimum atomic E-state index is -0.476. The van der Waals surface area contributed by atoms with Gasteiger partial charge in [-0.1, -0.05) is 11.6 Å². The number of nitrogens with one attached hydrogen (secondary N) is 1. The second kappa shape index (κ2) is 3.93.